The summed E-state index contributed by atoms with van der Waals surface area (Å²) < 4.78 is 1.34. The van der Waals surface area contributed by atoms with E-state index < -0.39 is 18.0 Å². The van der Waals surface area contributed by atoms with E-state index in [1.54, 1.807) is 0 Å². The number of amides is 1. The van der Waals surface area contributed by atoms with E-state index in [0.717, 1.165) is 0 Å². The van der Waals surface area contributed by atoms with Crippen LogP contribution < -0.4 is 11.1 Å². The standard InChI is InChI=1S/C8H13N5O4/c9-7(15)6(14)3-10-1-2-13-4-5(8(16)17)11-12-13/h4,6,10,14H,1-3H2,(H2,9,15)(H,16,17). The molecule has 0 aliphatic rings. The number of carboxylic acid groups (broad SMARTS) is 1. The lowest BCUT2D eigenvalue weighted by Crippen LogP contribution is -2.38. The van der Waals surface area contributed by atoms with Crippen LogP contribution in [0.25, 0.3) is 0 Å². The van der Waals surface area contributed by atoms with Gasteiger partial charge in [0.1, 0.15) is 6.10 Å². The Morgan fingerprint density at radius 3 is 2.82 bits per heavy atom. The fraction of sp³-hybridized carbons (Fsp3) is 0.500. The third kappa shape index (κ3) is 4.17. The van der Waals surface area contributed by atoms with E-state index in [1.165, 1.54) is 10.9 Å². The number of hydrogen-bond acceptors (Lipinski definition) is 6. The highest BCUT2D eigenvalue weighted by Crippen LogP contribution is 1.91. The lowest BCUT2D eigenvalue weighted by atomic mass is 10.3. The second kappa shape index (κ2) is 5.92. The van der Waals surface area contributed by atoms with E-state index in [2.05, 4.69) is 15.6 Å². The Kier molecular flexibility index (Phi) is 4.55. The quantitative estimate of drug-likeness (QED) is 0.385. The van der Waals surface area contributed by atoms with Gasteiger partial charge in [0.15, 0.2) is 5.69 Å². The van der Waals surface area contributed by atoms with Crippen molar-refractivity contribution in [3.8, 4) is 0 Å². The average molecular weight is 243 g/mol. The van der Waals surface area contributed by atoms with E-state index in [-0.39, 0.29) is 12.2 Å². The van der Waals surface area contributed by atoms with Crippen molar-refractivity contribution in [2.75, 3.05) is 13.1 Å². The molecule has 0 saturated carbocycles. The molecule has 9 heteroatoms. The van der Waals surface area contributed by atoms with Gasteiger partial charge in [-0.2, -0.15) is 0 Å². The predicted molar refractivity (Wildman–Crippen MR) is 55.1 cm³/mol. The summed E-state index contributed by atoms with van der Waals surface area (Å²) in [7, 11) is 0. The highest BCUT2D eigenvalue weighted by atomic mass is 16.4. The molecule has 0 bridgehead atoms. The molecule has 9 nitrogen and oxygen atoms in total. The Morgan fingerprint density at radius 1 is 1.59 bits per heavy atom. The molecule has 0 fully saturated rings. The molecule has 0 aliphatic carbocycles. The van der Waals surface area contributed by atoms with Crippen LogP contribution in [-0.4, -0.2) is 56.3 Å². The van der Waals surface area contributed by atoms with Crippen molar-refractivity contribution < 1.29 is 19.8 Å². The first-order valence-corrected chi connectivity index (χ1v) is 4.82. The zero-order valence-corrected chi connectivity index (χ0v) is 8.91. The van der Waals surface area contributed by atoms with E-state index in [4.69, 9.17) is 15.9 Å². The highest BCUT2D eigenvalue weighted by Gasteiger charge is 2.10. The number of aromatic carboxylic acids is 1. The molecule has 5 N–H and O–H groups in total. The number of nitrogens with two attached hydrogens (primary N) is 1. The molecule has 0 spiro atoms. The summed E-state index contributed by atoms with van der Waals surface area (Å²) >= 11 is 0. The fourth-order valence-electron chi connectivity index (χ4n) is 1.04. The van der Waals surface area contributed by atoms with Crippen LogP contribution in [0.2, 0.25) is 0 Å². The molecule has 1 unspecified atom stereocenters. The fourth-order valence-corrected chi connectivity index (χ4v) is 1.04. The van der Waals surface area contributed by atoms with Gasteiger partial charge in [-0.3, -0.25) is 9.48 Å². The van der Waals surface area contributed by atoms with Crippen molar-refractivity contribution in [1.82, 2.24) is 20.3 Å². The van der Waals surface area contributed by atoms with Crippen LogP contribution in [0, 0.1) is 0 Å². The van der Waals surface area contributed by atoms with Crippen molar-refractivity contribution in [1.29, 1.82) is 0 Å². The number of carbonyl (C=O) groups excluding carboxylic acids is 1. The van der Waals surface area contributed by atoms with Crippen LogP contribution in [0.5, 0.6) is 0 Å². The minimum Gasteiger partial charge on any atom is -0.476 e. The van der Waals surface area contributed by atoms with Crippen LogP contribution in [-0.2, 0) is 11.3 Å². The molecule has 0 aromatic carbocycles. The maximum atomic E-state index is 10.5. The molecule has 0 aliphatic heterocycles. The summed E-state index contributed by atoms with van der Waals surface area (Å²) in [6, 6.07) is 0. The van der Waals surface area contributed by atoms with Crippen molar-refractivity contribution >= 4 is 11.9 Å². The monoisotopic (exact) mass is 243 g/mol. The largest absolute Gasteiger partial charge is 0.476 e. The maximum absolute atomic E-state index is 10.5. The number of primary amides is 1. The summed E-state index contributed by atoms with van der Waals surface area (Å²) in [6.45, 7) is 0.800. The molecule has 1 aromatic rings. The SMILES string of the molecule is NC(=O)C(O)CNCCn1cc(C(=O)O)nn1. The smallest absolute Gasteiger partial charge is 0.358 e. The van der Waals surface area contributed by atoms with Crippen molar-refractivity contribution in [3.05, 3.63) is 11.9 Å². The molecule has 1 rings (SSSR count). The summed E-state index contributed by atoms with van der Waals surface area (Å²) in [5.41, 5.74) is 4.71. The molecule has 17 heavy (non-hydrogen) atoms. The molecule has 1 aromatic heterocycles. The van der Waals surface area contributed by atoms with Crippen molar-refractivity contribution in [2.45, 2.75) is 12.6 Å². The number of nitrogens with one attached hydrogen (secondary N) is 1. The van der Waals surface area contributed by atoms with Crippen LogP contribution in [0.1, 0.15) is 10.5 Å². The normalized spacial score (nSPS) is 12.3. The van der Waals surface area contributed by atoms with Gasteiger partial charge in [0, 0.05) is 13.1 Å². The minimum atomic E-state index is -1.24. The second-order valence-electron chi connectivity index (χ2n) is 3.29. The first-order valence-electron chi connectivity index (χ1n) is 4.82. The number of nitrogens with zero attached hydrogens (tertiary/aromatic N) is 3. The van der Waals surface area contributed by atoms with Gasteiger partial charge in [-0.25, -0.2) is 4.79 Å². The van der Waals surface area contributed by atoms with Crippen LogP contribution in [0.4, 0.5) is 0 Å². The molecule has 0 saturated heterocycles. The zero-order chi connectivity index (χ0) is 12.8. The molecular formula is C8H13N5O4. The number of aliphatic hydroxyl groups excluding tert-OH is 1. The van der Waals surface area contributed by atoms with E-state index in [1.807, 2.05) is 0 Å². The molecule has 1 amide bonds. The van der Waals surface area contributed by atoms with Gasteiger partial charge in [0.05, 0.1) is 12.7 Å². The molecule has 1 atom stereocenters. The number of carbonyl (C=O) groups is 2. The second-order valence-corrected chi connectivity index (χ2v) is 3.29. The van der Waals surface area contributed by atoms with Crippen LogP contribution in [0.3, 0.4) is 0 Å². The minimum absolute atomic E-state index is 0.0375. The van der Waals surface area contributed by atoms with Gasteiger partial charge in [-0.05, 0) is 0 Å². The lowest BCUT2D eigenvalue weighted by molar-refractivity contribution is -0.125. The summed E-state index contributed by atoms with van der Waals surface area (Å²) in [5.74, 6) is -1.94. The van der Waals surface area contributed by atoms with Gasteiger partial charge >= 0.3 is 5.97 Å². The molecule has 0 radical (unpaired) electrons. The van der Waals surface area contributed by atoms with Gasteiger partial charge in [0.25, 0.3) is 0 Å². The first kappa shape index (κ1) is 13.1. The molecular weight excluding hydrogens is 230 g/mol. The van der Waals surface area contributed by atoms with Crippen molar-refractivity contribution in [3.63, 3.8) is 0 Å². The van der Waals surface area contributed by atoms with E-state index >= 15 is 0 Å². The van der Waals surface area contributed by atoms with Crippen molar-refractivity contribution in [2.24, 2.45) is 5.73 Å². The van der Waals surface area contributed by atoms with E-state index in [9.17, 15) is 9.59 Å². The number of carboxylic acids is 1. The number of aliphatic hydroxyl groups is 1. The number of hydrogen-bond donors (Lipinski definition) is 4. The third-order valence-electron chi connectivity index (χ3n) is 1.94. The van der Waals surface area contributed by atoms with E-state index in [0.29, 0.717) is 13.1 Å². The van der Waals surface area contributed by atoms with Gasteiger partial charge in [0.2, 0.25) is 5.91 Å². The summed E-state index contributed by atoms with van der Waals surface area (Å²) in [4.78, 5) is 21.0. The molecule has 94 valence electrons. The van der Waals surface area contributed by atoms with Crippen LogP contribution >= 0.6 is 0 Å². The number of rotatable bonds is 7. The van der Waals surface area contributed by atoms with Crippen LogP contribution in [0.15, 0.2) is 6.20 Å². The lowest BCUT2D eigenvalue weighted by Gasteiger charge is -2.07. The first-order chi connectivity index (χ1) is 8.00. The highest BCUT2D eigenvalue weighted by molar-refractivity contribution is 5.84. The summed E-state index contributed by atoms with van der Waals surface area (Å²) in [6.07, 6.45) is 0.0504. The average Bonchev–Trinajstić information content (AvgIpc) is 2.72. The zero-order valence-electron chi connectivity index (χ0n) is 8.91. The third-order valence-corrected chi connectivity index (χ3v) is 1.94. The van der Waals surface area contributed by atoms with Gasteiger partial charge in [-0.15, -0.1) is 5.10 Å². The van der Waals surface area contributed by atoms with Gasteiger partial charge in [-0.1, -0.05) is 5.21 Å². The molecule has 1 heterocycles. The summed E-state index contributed by atoms with van der Waals surface area (Å²) in [5, 5.41) is 27.4. The maximum Gasteiger partial charge on any atom is 0.358 e. The number of aromatic nitrogens is 3. The Bertz CT molecular complexity index is 404. The predicted octanol–water partition coefficient (Wildman–Crippen LogP) is -2.59. The Morgan fingerprint density at radius 2 is 2.29 bits per heavy atom. The Balaban J connectivity index is 2.26. The Hall–Kier alpha value is -2.00. The van der Waals surface area contributed by atoms with Gasteiger partial charge < -0.3 is 21.3 Å². The topological polar surface area (TPSA) is 143 Å². The Labute approximate surface area is 96.2 Å².